The molecule has 0 amide bonds. The summed E-state index contributed by atoms with van der Waals surface area (Å²) in [5, 5.41) is 44.2. The van der Waals surface area contributed by atoms with Crippen LogP contribution < -0.4 is 118 Å². The molecule has 0 saturated heterocycles. The van der Waals surface area contributed by atoms with Crippen LogP contribution in [0.25, 0.3) is 0 Å². The topological polar surface area (TPSA) is 176 Å². The molecular weight excluding hydrogens is 539 g/mol. The summed E-state index contributed by atoms with van der Waals surface area (Å²) >= 11 is 11.3. The van der Waals surface area contributed by atoms with Crippen LogP contribution in [0, 0.1) is 0 Å². The number of carboxylic acid groups (broad SMARTS) is 4. The minimum absolute atomic E-state index is 0. The van der Waals surface area contributed by atoms with E-state index in [-0.39, 0.29) is 144 Å². The fourth-order valence-electron chi connectivity index (χ4n) is 2.13. The number of halogens is 2. The fraction of sp³-hybridized carbons (Fsp3) is 0.412. The molecule has 0 saturated carbocycles. The molecule has 11 nitrogen and oxygen atoms in total. The molecule has 0 radical (unpaired) electrons. The van der Waals surface area contributed by atoms with Gasteiger partial charge in [0, 0.05) is 23.1 Å². The Bertz CT molecular complexity index is 714. The molecule has 0 aliphatic carbocycles. The largest absolute Gasteiger partial charge is 1.00 e. The minimum Gasteiger partial charge on any atom is -1.00 e. The third-order valence-electron chi connectivity index (χ3n) is 3.35. The first kappa shape index (κ1) is 45.5. The molecule has 0 fully saturated rings. The van der Waals surface area contributed by atoms with E-state index in [1.165, 1.54) is 0 Å². The zero-order valence-electron chi connectivity index (χ0n) is 23.7. The van der Waals surface area contributed by atoms with Gasteiger partial charge < -0.3 is 31.2 Å². The number of carbonyl (C=O) groups is 4. The Labute approximate surface area is 301 Å². The Morgan fingerprint density at radius 1 is 0.706 bits per heavy atom. The van der Waals surface area contributed by atoms with Crippen molar-refractivity contribution in [2.24, 2.45) is 0 Å². The van der Waals surface area contributed by atoms with E-state index in [0.717, 1.165) is 9.80 Å². The zero-order valence-corrected chi connectivity index (χ0v) is 29.2. The van der Waals surface area contributed by atoms with Gasteiger partial charge in [-0.25, -0.2) is 0 Å². The van der Waals surface area contributed by atoms with Crippen LogP contribution in [0.2, 0.25) is 10.0 Å². The first-order valence-corrected chi connectivity index (χ1v) is 9.06. The standard InChI is InChI=1S/C10H16N2O8.C7H6Cl2O.4Na.4H/c13-7(14)3-11(4-8(15)16)1-2-12(5-9(17)18)6-10(19)20;8-6-2-1-5(4-10)7(9)3-6;;;;;;;;/h1-6H2,(H,13,14)(H,15,16)(H,17,18)(H,19,20);1-3,10H,4H2;;;;;;;;/q;;4*+1;4*-1. The minimum atomic E-state index is -1.23. The van der Waals surface area contributed by atoms with E-state index in [4.69, 9.17) is 48.7 Å². The zero-order chi connectivity index (χ0) is 23.3. The van der Waals surface area contributed by atoms with Crippen molar-refractivity contribution in [3.8, 4) is 0 Å². The van der Waals surface area contributed by atoms with Gasteiger partial charge in [-0.05, 0) is 17.7 Å². The van der Waals surface area contributed by atoms with Crippen LogP contribution in [0.3, 0.4) is 0 Å². The molecule has 1 aromatic carbocycles. The maximum Gasteiger partial charge on any atom is 1.00 e. The summed E-state index contributed by atoms with van der Waals surface area (Å²) in [5.74, 6) is -4.91. The number of rotatable bonds is 12. The van der Waals surface area contributed by atoms with Gasteiger partial charge in [0.25, 0.3) is 0 Å². The van der Waals surface area contributed by atoms with Crippen molar-refractivity contribution in [3.05, 3.63) is 33.8 Å². The summed E-state index contributed by atoms with van der Waals surface area (Å²) in [6.45, 7) is -2.30. The van der Waals surface area contributed by atoms with E-state index in [0.29, 0.717) is 15.6 Å². The van der Waals surface area contributed by atoms with Crippen LogP contribution in [-0.4, -0.2) is 98.5 Å². The second-order valence-electron chi connectivity index (χ2n) is 5.89. The fourth-order valence-corrected chi connectivity index (χ4v) is 2.59. The summed E-state index contributed by atoms with van der Waals surface area (Å²) in [4.78, 5) is 44.4. The smallest absolute Gasteiger partial charge is 1.00 e. The normalized spacial score (nSPS) is 9.21. The average Bonchev–Trinajstić information content (AvgIpc) is 2.58. The van der Waals surface area contributed by atoms with Crippen molar-refractivity contribution in [2.75, 3.05) is 39.3 Å². The Kier molecular flexibility index (Phi) is 35.0. The summed E-state index contributed by atoms with van der Waals surface area (Å²) in [6, 6.07) is 5.00. The Balaban J connectivity index is -0.0000000585. The average molecular weight is 565 g/mol. The van der Waals surface area contributed by atoms with Gasteiger partial charge in [0.15, 0.2) is 0 Å². The predicted molar refractivity (Wildman–Crippen MR) is 110 cm³/mol. The Morgan fingerprint density at radius 3 is 1.26 bits per heavy atom. The second kappa shape index (κ2) is 26.2. The van der Waals surface area contributed by atoms with Crippen LogP contribution in [0.5, 0.6) is 0 Å². The van der Waals surface area contributed by atoms with Crippen molar-refractivity contribution in [1.82, 2.24) is 9.80 Å². The molecule has 0 aromatic heterocycles. The molecule has 0 aliphatic rings. The quantitative estimate of drug-likeness (QED) is 0.152. The molecule has 17 heteroatoms. The molecular formula is C17H26Cl2N2Na4O9. The molecule has 0 heterocycles. The summed E-state index contributed by atoms with van der Waals surface area (Å²) in [7, 11) is 0. The van der Waals surface area contributed by atoms with Crippen LogP contribution in [0.4, 0.5) is 0 Å². The summed E-state index contributed by atoms with van der Waals surface area (Å²) in [6.07, 6.45) is 0. The molecule has 0 spiro atoms. The van der Waals surface area contributed by atoms with Gasteiger partial charge in [-0.1, -0.05) is 29.3 Å². The van der Waals surface area contributed by atoms with Gasteiger partial charge in [-0.2, -0.15) is 0 Å². The molecule has 0 atom stereocenters. The monoisotopic (exact) mass is 564 g/mol. The third kappa shape index (κ3) is 25.2. The van der Waals surface area contributed by atoms with Gasteiger partial charge in [0.05, 0.1) is 32.8 Å². The van der Waals surface area contributed by atoms with Crippen LogP contribution in [0.15, 0.2) is 18.2 Å². The first-order valence-electron chi connectivity index (χ1n) is 8.31. The second-order valence-corrected chi connectivity index (χ2v) is 6.73. The van der Waals surface area contributed by atoms with E-state index in [2.05, 4.69) is 0 Å². The Hall–Kier alpha value is 1.56. The van der Waals surface area contributed by atoms with Crippen LogP contribution in [0.1, 0.15) is 11.3 Å². The van der Waals surface area contributed by atoms with Gasteiger partial charge >= 0.3 is 142 Å². The molecule has 1 rings (SSSR count). The van der Waals surface area contributed by atoms with Gasteiger partial charge in [-0.15, -0.1) is 0 Å². The molecule has 0 unspecified atom stereocenters. The number of benzene rings is 1. The maximum absolute atomic E-state index is 10.6. The van der Waals surface area contributed by atoms with E-state index < -0.39 is 50.1 Å². The predicted octanol–water partition coefficient (Wildman–Crippen LogP) is -11.1. The molecule has 34 heavy (non-hydrogen) atoms. The van der Waals surface area contributed by atoms with E-state index in [1.807, 2.05) is 0 Å². The SMILES string of the molecule is O=C(O)CN(CCN(CC(=O)O)CC(=O)O)CC(=O)O.OCc1ccc(Cl)cc1Cl.[H-].[H-].[H-].[H-].[Na+].[Na+].[Na+].[Na+]. The first-order chi connectivity index (χ1) is 13.9. The summed E-state index contributed by atoms with van der Waals surface area (Å²) < 4.78 is 0. The molecule has 1 aromatic rings. The number of aliphatic carboxylic acids is 4. The van der Waals surface area contributed by atoms with E-state index in [1.54, 1.807) is 18.2 Å². The van der Waals surface area contributed by atoms with Crippen molar-refractivity contribution in [2.45, 2.75) is 6.61 Å². The summed E-state index contributed by atoms with van der Waals surface area (Å²) in [5.41, 5.74) is 0.700. The van der Waals surface area contributed by atoms with Crippen LogP contribution >= 0.6 is 23.2 Å². The number of hydrogen-bond acceptors (Lipinski definition) is 7. The Morgan fingerprint density at radius 2 is 1.03 bits per heavy atom. The number of aliphatic hydroxyl groups is 1. The van der Waals surface area contributed by atoms with Crippen molar-refractivity contribution < 1.29 is 169 Å². The number of hydrogen-bond donors (Lipinski definition) is 5. The number of aliphatic hydroxyl groups excluding tert-OH is 1. The number of carboxylic acids is 4. The molecule has 176 valence electrons. The molecule has 0 bridgehead atoms. The van der Waals surface area contributed by atoms with E-state index in [9.17, 15) is 19.2 Å². The van der Waals surface area contributed by atoms with Crippen molar-refractivity contribution >= 4 is 47.1 Å². The van der Waals surface area contributed by atoms with Crippen molar-refractivity contribution in [3.63, 3.8) is 0 Å². The molecule has 5 N–H and O–H groups in total. The van der Waals surface area contributed by atoms with E-state index >= 15 is 0 Å². The molecule has 0 aliphatic heterocycles. The van der Waals surface area contributed by atoms with Crippen LogP contribution in [-0.2, 0) is 25.8 Å². The van der Waals surface area contributed by atoms with Crippen molar-refractivity contribution in [1.29, 1.82) is 0 Å². The number of nitrogens with zero attached hydrogens (tertiary/aromatic N) is 2. The van der Waals surface area contributed by atoms with Gasteiger partial charge in [0.2, 0.25) is 0 Å². The van der Waals surface area contributed by atoms with Gasteiger partial charge in [-0.3, -0.25) is 29.0 Å². The maximum atomic E-state index is 10.6. The third-order valence-corrected chi connectivity index (χ3v) is 3.94. The van der Waals surface area contributed by atoms with Gasteiger partial charge in [0.1, 0.15) is 0 Å².